The van der Waals surface area contributed by atoms with Crippen molar-refractivity contribution in [2.75, 3.05) is 12.4 Å². The maximum atomic E-state index is 11.1. The molecule has 0 atom stereocenters. The molecule has 1 aromatic carbocycles. The Labute approximate surface area is 114 Å². The van der Waals surface area contributed by atoms with Crippen LogP contribution in [0.3, 0.4) is 0 Å². The average molecular weight is 261 g/mol. The number of aldehydes is 1. The molecule has 0 saturated carbocycles. The maximum absolute atomic E-state index is 11.1. The van der Waals surface area contributed by atoms with Gasteiger partial charge in [0.2, 0.25) is 0 Å². The molecule has 1 aliphatic rings. The number of hydrogen-bond acceptors (Lipinski definition) is 4. The summed E-state index contributed by atoms with van der Waals surface area (Å²) in [7, 11) is 1.35. The molecule has 5 heteroatoms. The predicted molar refractivity (Wildman–Crippen MR) is 77.1 cm³/mol. The molecule has 1 aromatic rings. The van der Waals surface area contributed by atoms with Gasteiger partial charge in [-0.2, -0.15) is 0 Å². The van der Waals surface area contributed by atoms with E-state index in [1.165, 1.54) is 0 Å². The highest BCUT2D eigenvalue weighted by Crippen LogP contribution is 2.36. The van der Waals surface area contributed by atoms with Crippen LogP contribution in [0.4, 0.5) is 5.69 Å². The summed E-state index contributed by atoms with van der Waals surface area (Å²) in [6, 6.07) is 5.59. The molecule has 102 valence electrons. The number of nitrogens with one attached hydrogen (secondary N) is 1. The van der Waals surface area contributed by atoms with Gasteiger partial charge >= 0.3 is 7.12 Å². The molecular formula is C14H20BNO3. The highest BCUT2D eigenvalue weighted by molar-refractivity contribution is 6.62. The van der Waals surface area contributed by atoms with Crippen molar-refractivity contribution in [1.29, 1.82) is 0 Å². The molecular weight excluding hydrogens is 241 g/mol. The Morgan fingerprint density at radius 2 is 1.74 bits per heavy atom. The van der Waals surface area contributed by atoms with Crippen LogP contribution in [0.5, 0.6) is 0 Å². The second kappa shape index (κ2) is 4.65. The van der Waals surface area contributed by atoms with Crippen molar-refractivity contribution in [3.05, 3.63) is 23.8 Å². The maximum Gasteiger partial charge on any atom is 0.494 e. The van der Waals surface area contributed by atoms with Gasteiger partial charge in [-0.15, -0.1) is 0 Å². The molecule has 19 heavy (non-hydrogen) atoms. The Morgan fingerprint density at radius 3 is 2.21 bits per heavy atom. The highest BCUT2D eigenvalue weighted by atomic mass is 16.7. The zero-order valence-electron chi connectivity index (χ0n) is 12.1. The molecule has 1 aliphatic heterocycles. The molecule has 1 fully saturated rings. The van der Waals surface area contributed by atoms with Gasteiger partial charge in [-0.1, -0.05) is 6.07 Å². The van der Waals surface area contributed by atoms with Gasteiger partial charge in [0.25, 0.3) is 0 Å². The van der Waals surface area contributed by atoms with E-state index in [0.717, 1.165) is 17.4 Å². The Hall–Kier alpha value is -1.33. The minimum absolute atomic E-state index is 0.374. The molecule has 0 aliphatic carbocycles. The molecule has 1 N–H and O–H groups in total. The number of hydrogen-bond donors (Lipinski definition) is 1. The van der Waals surface area contributed by atoms with E-state index >= 15 is 0 Å². The van der Waals surface area contributed by atoms with E-state index in [9.17, 15) is 4.79 Å². The first-order chi connectivity index (χ1) is 8.80. The number of carbonyl (C=O) groups excluding carboxylic acids is 1. The quantitative estimate of drug-likeness (QED) is 0.666. The van der Waals surface area contributed by atoms with Crippen LogP contribution < -0.4 is 10.8 Å². The molecule has 0 aromatic heterocycles. The van der Waals surface area contributed by atoms with Gasteiger partial charge in [0, 0.05) is 18.3 Å². The lowest BCUT2D eigenvalue weighted by atomic mass is 9.78. The van der Waals surface area contributed by atoms with E-state index in [0.29, 0.717) is 5.56 Å². The molecule has 0 radical (unpaired) electrons. The standard InChI is InChI=1S/C14H20BNO3/c1-13(2)14(3,4)19-15(18-13)11-6-7-12(16-5)10(8-11)9-17/h6-9,16H,1-5H3. The lowest BCUT2D eigenvalue weighted by Gasteiger charge is -2.32. The summed E-state index contributed by atoms with van der Waals surface area (Å²) in [4.78, 5) is 11.1. The van der Waals surface area contributed by atoms with E-state index in [2.05, 4.69) is 5.32 Å². The third-order valence-electron chi connectivity index (χ3n) is 4.00. The van der Waals surface area contributed by atoms with E-state index in [1.54, 1.807) is 13.1 Å². The number of carbonyl (C=O) groups is 1. The fourth-order valence-corrected chi connectivity index (χ4v) is 2.03. The van der Waals surface area contributed by atoms with Crippen molar-refractivity contribution >= 4 is 24.6 Å². The average Bonchev–Trinajstić information content (AvgIpc) is 2.57. The Morgan fingerprint density at radius 1 is 1.16 bits per heavy atom. The van der Waals surface area contributed by atoms with Gasteiger partial charge in [-0.25, -0.2) is 0 Å². The Kier molecular flexibility index (Phi) is 3.45. The zero-order valence-corrected chi connectivity index (χ0v) is 12.1. The summed E-state index contributed by atoms with van der Waals surface area (Å²) in [5.41, 5.74) is 1.52. The Balaban J connectivity index is 2.32. The van der Waals surface area contributed by atoms with Crippen LogP contribution in [-0.2, 0) is 9.31 Å². The van der Waals surface area contributed by atoms with Crippen LogP contribution in [0, 0.1) is 0 Å². The van der Waals surface area contributed by atoms with Gasteiger partial charge in [-0.3, -0.25) is 4.79 Å². The summed E-state index contributed by atoms with van der Waals surface area (Å²) in [5.74, 6) is 0. The predicted octanol–water partition coefficient (Wildman–Crippen LogP) is 1.84. The van der Waals surface area contributed by atoms with Crippen LogP contribution in [0.15, 0.2) is 18.2 Å². The van der Waals surface area contributed by atoms with Gasteiger partial charge in [0.05, 0.1) is 11.2 Å². The van der Waals surface area contributed by atoms with Gasteiger partial charge in [0.15, 0.2) is 6.29 Å². The highest BCUT2D eigenvalue weighted by Gasteiger charge is 2.51. The van der Waals surface area contributed by atoms with Crippen molar-refractivity contribution in [2.24, 2.45) is 0 Å². The first-order valence-corrected chi connectivity index (χ1v) is 6.43. The summed E-state index contributed by atoms with van der Waals surface area (Å²) < 4.78 is 11.9. The summed E-state index contributed by atoms with van der Waals surface area (Å²) in [6.45, 7) is 8.04. The van der Waals surface area contributed by atoms with Crippen LogP contribution in [-0.4, -0.2) is 31.7 Å². The molecule has 2 rings (SSSR count). The summed E-state index contributed by atoms with van der Waals surface area (Å²) in [5, 5.41) is 2.98. The minimum Gasteiger partial charge on any atom is -0.399 e. The molecule has 1 saturated heterocycles. The van der Waals surface area contributed by atoms with Crippen molar-refractivity contribution in [3.63, 3.8) is 0 Å². The minimum atomic E-state index is -0.436. The first-order valence-electron chi connectivity index (χ1n) is 6.43. The van der Waals surface area contributed by atoms with Crippen molar-refractivity contribution in [1.82, 2.24) is 0 Å². The Bertz CT molecular complexity index is 483. The van der Waals surface area contributed by atoms with Crippen molar-refractivity contribution in [3.8, 4) is 0 Å². The topological polar surface area (TPSA) is 47.6 Å². The summed E-state index contributed by atoms with van der Waals surface area (Å²) in [6.07, 6.45) is 0.834. The SMILES string of the molecule is CNc1ccc(B2OC(C)(C)C(C)(C)O2)cc1C=O. The fourth-order valence-electron chi connectivity index (χ4n) is 2.03. The van der Waals surface area contributed by atoms with Gasteiger partial charge in [-0.05, 0) is 45.3 Å². The van der Waals surface area contributed by atoms with Crippen molar-refractivity contribution < 1.29 is 14.1 Å². The third kappa shape index (κ3) is 2.40. The number of rotatable bonds is 3. The first kappa shape index (κ1) is 14.1. The number of benzene rings is 1. The molecule has 0 bridgehead atoms. The van der Waals surface area contributed by atoms with E-state index in [1.807, 2.05) is 39.8 Å². The molecule has 1 heterocycles. The monoisotopic (exact) mass is 261 g/mol. The van der Waals surface area contributed by atoms with E-state index < -0.39 is 7.12 Å². The normalized spacial score (nSPS) is 20.4. The van der Waals surface area contributed by atoms with Crippen LogP contribution >= 0.6 is 0 Å². The zero-order chi connectivity index (χ0) is 14.3. The van der Waals surface area contributed by atoms with E-state index in [4.69, 9.17) is 9.31 Å². The fraction of sp³-hybridized carbons (Fsp3) is 0.500. The molecule has 0 spiro atoms. The smallest absolute Gasteiger partial charge is 0.399 e. The van der Waals surface area contributed by atoms with E-state index in [-0.39, 0.29) is 11.2 Å². The number of anilines is 1. The van der Waals surface area contributed by atoms with Crippen molar-refractivity contribution in [2.45, 2.75) is 38.9 Å². The lowest BCUT2D eigenvalue weighted by Crippen LogP contribution is -2.41. The largest absolute Gasteiger partial charge is 0.494 e. The second-order valence-corrected chi connectivity index (χ2v) is 5.80. The van der Waals surface area contributed by atoms with Gasteiger partial charge in [0.1, 0.15) is 0 Å². The van der Waals surface area contributed by atoms with Crippen LogP contribution in [0.2, 0.25) is 0 Å². The van der Waals surface area contributed by atoms with Gasteiger partial charge < -0.3 is 14.6 Å². The molecule has 0 amide bonds. The van der Waals surface area contributed by atoms with Crippen LogP contribution in [0.25, 0.3) is 0 Å². The third-order valence-corrected chi connectivity index (χ3v) is 4.00. The molecule has 4 nitrogen and oxygen atoms in total. The van der Waals surface area contributed by atoms with Crippen LogP contribution in [0.1, 0.15) is 38.1 Å². The molecule has 0 unspecified atom stereocenters. The lowest BCUT2D eigenvalue weighted by molar-refractivity contribution is 0.00578. The second-order valence-electron chi connectivity index (χ2n) is 5.80. The summed E-state index contributed by atoms with van der Waals surface area (Å²) >= 11 is 0.